The summed E-state index contributed by atoms with van der Waals surface area (Å²) >= 11 is 0. The van der Waals surface area contributed by atoms with Crippen LogP contribution in [0.15, 0.2) is 60.8 Å². The Bertz CT molecular complexity index is 1130. The maximum Gasteiger partial charge on any atom is 0.309 e. The molecule has 0 amide bonds. The van der Waals surface area contributed by atoms with Gasteiger partial charge in [-0.3, -0.25) is 9.59 Å². The molecule has 2 atom stereocenters. The van der Waals surface area contributed by atoms with E-state index in [9.17, 15) is 14.7 Å². The van der Waals surface area contributed by atoms with Crippen LogP contribution in [-0.2, 0) is 9.53 Å². The minimum absolute atomic E-state index is 0.121. The van der Waals surface area contributed by atoms with Gasteiger partial charge in [0.1, 0.15) is 6.10 Å². The van der Waals surface area contributed by atoms with Crippen LogP contribution in [0.2, 0.25) is 0 Å². The highest BCUT2D eigenvalue weighted by Gasteiger charge is 2.29. The molecule has 1 heterocycles. The predicted molar refractivity (Wildman–Crippen MR) is 130 cm³/mol. The van der Waals surface area contributed by atoms with Gasteiger partial charge >= 0.3 is 5.97 Å². The molecule has 6 nitrogen and oxygen atoms in total. The molecular weight excluding hydrogens is 430 g/mol. The fourth-order valence-corrected chi connectivity index (χ4v) is 4.09. The number of rotatable bonds is 9. The van der Waals surface area contributed by atoms with Crippen LogP contribution in [0.4, 0.5) is 0 Å². The van der Waals surface area contributed by atoms with Gasteiger partial charge in [-0.1, -0.05) is 66.6 Å². The number of pyridine rings is 1. The van der Waals surface area contributed by atoms with E-state index < -0.39 is 23.8 Å². The van der Waals surface area contributed by atoms with Crippen molar-refractivity contribution in [2.75, 3.05) is 7.11 Å². The molecule has 0 aliphatic rings. The van der Waals surface area contributed by atoms with Crippen molar-refractivity contribution in [3.05, 3.63) is 88.7 Å². The fourth-order valence-electron chi connectivity index (χ4n) is 4.09. The summed E-state index contributed by atoms with van der Waals surface area (Å²) in [4.78, 5) is 29.6. The Morgan fingerprint density at radius 1 is 0.971 bits per heavy atom. The van der Waals surface area contributed by atoms with E-state index in [-0.39, 0.29) is 29.5 Å². The SMILES string of the molecule is COc1ccnc(C(=O)C[C@@H](C)C(=O)O[C@@H](C)C(c2cccc(C)c2)c2cccc(C)c2)c1O. The lowest BCUT2D eigenvalue weighted by molar-refractivity contribution is -0.153. The second-order valence-electron chi connectivity index (χ2n) is 8.69. The van der Waals surface area contributed by atoms with Crippen LogP contribution in [0.25, 0.3) is 0 Å². The van der Waals surface area contributed by atoms with Crippen LogP contribution in [0.1, 0.15) is 58.9 Å². The predicted octanol–water partition coefficient (Wildman–Crippen LogP) is 5.39. The molecule has 0 unspecified atom stereocenters. The summed E-state index contributed by atoms with van der Waals surface area (Å²) in [7, 11) is 1.39. The number of esters is 1. The number of carbonyl (C=O) groups is 2. The highest BCUT2D eigenvalue weighted by Crippen LogP contribution is 2.32. The number of benzene rings is 2. The Labute approximate surface area is 200 Å². The van der Waals surface area contributed by atoms with Gasteiger partial charge in [0.05, 0.1) is 13.0 Å². The van der Waals surface area contributed by atoms with Crippen molar-refractivity contribution in [3.63, 3.8) is 0 Å². The van der Waals surface area contributed by atoms with E-state index in [4.69, 9.17) is 9.47 Å². The van der Waals surface area contributed by atoms with Crippen molar-refractivity contribution >= 4 is 11.8 Å². The number of Topliss-reactive ketones (excluding diaryl/α,β-unsaturated/α-hetero) is 1. The van der Waals surface area contributed by atoms with Gasteiger partial charge in [-0.25, -0.2) is 4.98 Å². The summed E-state index contributed by atoms with van der Waals surface area (Å²) in [6.45, 7) is 7.57. The lowest BCUT2D eigenvalue weighted by Gasteiger charge is -2.27. The molecule has 3 rings (SSSR count). The summed E-state index contributed by atoms with van der Waals surface area (Å²) in [6.07, 6.45) is 0.779. The molecule has 0 spiro atoms. The van der Waals surface area contributed by atoms with Crippen LogP contribution in [0, 0.1) is 19.8 Å². The monoisotopic (exact) mass is 461 g/mol. The van der Waals surface area contributed by atoms with Crippen LogP contribution in [0.5, 0.6) is 11.5 Å². The summed E-state index contributed by atoms with van der Waals surface area (Å²) in [6, 6.07) is 17.8. The zero-order chi connectivity index (χ0) is 24.8. The highest BCUT2D eigenvalue weighted by atomic mass is 16.5. The van der Waals surface area contributed by atoms with Crippen molar-refractivity contribution in [2.24, 2.45) is 5.92 Å². The Kier molecular flexibility index (Phi) is 8.05. The molecule has 0 aliphatic heterocycles. The molecule has 6 heteroatoms. The maximum absolute atomic E-state index is 12.9. The molecule has 178 valence electrons. The molecule has 0 saturated carbocycles. The average molecular weight is 462 g/mol. The molecule has 0 saturated heterocycles. The van der Waals surface area contributed by atoms with E-state index in [1.807, 2.05) is 57.2 Å². The lowest BCUT2D eigenvalue weighted by Crippen LogP contribution is -2.28. The van der Waals surface area contributed by atoms with Crippen LogP contribution < -0.4 is 4.74 Å². The third-order valence-corrected chi connectivity index (χ3v) is 5.84. The van der Waals surface area contributed by atoms with Gasteiger partial charge in [-0.2, -0.15) is 0 Å². The normalized spacial score (nSPS) is 12.8. The van der Waals surface area contributed by atoms with Crippen molar-refractivity contribution in [3.8, 4) is 11.5 Å². The van der Waals surface area contributed by atoms with Gasteiger partial charge < -0.3 is 14.6 Å². The zero-order valence-electron chi connectivity index (χ0n) is 20.2. The van der Waals surface area contributed by atoms with Crippen LogP contribution in [0.3, 0.4) is 0 Å². The van der Waals surface area contributed by atoms with E-state index >= 15 is 0 Å². The maximum atomic E-state index is 12.9. The van der Waals surface area contributed by atoms with Gasteiger partial charge in [0, 0.05) is 24.6 Å². The van der Waals surface area contributed by atoms with Crippen LogP contribution in [-0.4, -0.2) is 35.1 Å². The molecule has 0 radical (unpaired) electrons. The molecular formula is C28H31NO5. The van der Waals surface area contributed by atoms with E-state index in [0.717, 1.165) is 22.3 Å². The number of methoxy groups -OCH3 is 1. The van der Waals surface area contributed by atoms with Gasteiger partial charge in [0.15, 0.2) is 23.0 Å². The van der Waals surface area contributed by atoms with Gasteiger partial charge in [0.2, 0.25) is 0 Å². The summed E-state index contributed by atoms with van der Waals surface area (Å²) in [5.41, 5.74) is 4.24. The Morgan fingerprint density at radius 3 is 2.09 bits per heavy atom. The van der Waals surface area contributed by atoms with Crippen molar-refractivity contribution in [1.29, 1.82) is 0 Å². The fraction of sp³-hybridized carbons (Fsp3) is 0.321. The molecule has 1 N–H and O–H groups in total. The Hall–Kier alpha value is -3.67. The molecule has 3 aromatic rings. The minimum Gasteiger partial charge on any atom is -0.503 e. The number of nitrogens with zero attached hydrogens (tertiary/aromatic N) is 1. The first-order valence-electron chi connectivity index (χ1n) is 11.3. The summed E-state index contributed by atoms with van der Waals surface area (Å²) < 4.78 is 10.9. The first-order chi connectivity index (χ1) is 16.2. The number of hydrogen-bond donors (Lipinski definition) is 1. The number of carbonyl (C=O) groups excluding carboxylic acids is 2. The quantitative estimate of drug-likeness (QED) is 0.340. The Morgan fingerprint density at radius 2 is 1.56 bits per heavy atom. The Balaban J connectivity index is 1.78. The van der Waals surface area contributed by atoms with Crippen LogP contribution >= 0.6 is 0 Å². The van der Waals surface area contributed by atoms with E-state index in [1.165, 1.54) is 19.4 Å². The van der Waals surface area contributed by atoms with Gasteiger partial charge in [-0.15, -0.1) is 0 Å². The number of ether oxygens (including phenoxy) is 2. The lowest BCUT2D eigenvalue weighted by atomic mass is 9.86. The second-order valence-corrected chi connectivity index (χ2v) is 8.69. The standard InChI is InChI=1S/C28H31NO5/c1-17-8-6-10-21(14-17)25(22-11-7-9-18(2)15-22)20(4)34-28(32)19(3)16-23(30)26-27(31)24(33-5)12-13-29-26/h6-15,19-20,25,31H,16H2,1-5H3/t19-,20+/m1/s1. The van der Waals surface area contributed by atoms with Crippen molar-refractivity contribution in [1.82, 2.24) is 4.98 Å². The topological polar surface area (TPSA) is 85.7 Å². The number of ketones is 1. The first kappa shape index (κ1) is 25.0. The van der Waals surface area contributed by atoms with Gasteiger partial charge in [-0.05, 0) is 31.9 Å². The third-order valence-electron chi connectivity index (χ3n) is 5.84. The molecule has 0 fully saturated rings. The summed E-state index contributed by atoms with van der Waals surface area (Å²) in [5, 5.41) is 10.2. The zero-order valence-corrected chi connectivity index (χ0v) is 20.2. The smallest absolute Gasteiger partial charge is 0.309 e. The molecule has 0 bridgehead atoms. The molecule has 34 heavy (non-hydrogen) atoms. The minimum atomic E-state index is -0.710. The van der Waals surface area contributed by atoms with E-state index in [2.05, 4.69) is 17.1 Å². The number of aromatic nitrogens is 1. The molecule has 1 aromatic heterocycles. The number of aryl methyl sites for hydroxylation is 2. The second kappa shape index (κ2) is 11.0. The average Bonchev–Trinajstić information content (AvgIpc) is 2.79. The third kappa shape index (κ3) is 5.81. The van der Waals surface area contributed by atoms with Gasteiger partial charge in [0.25, 0.3) is 0 Å². The molecule has 0 aliphatic carbocycles. The molecule has 2 aromatic carbocycles. The first-order valence-corrected chi connectivity index (χ1v) is 11.3. The highest BCUT2D eigenvalue weighted by molar-refractivity contribution is 5.99. The largest absolute Gasteiger partial charge is 0.503 e. The van der Waals surface area contributed by atoms with Crippen molar-refractivity contribution < 1.29 is 24.2 Å². The summed E-state index contributed by atoms with van der Waals surface area (Å²) in [5.74, 6) is -1.98. The number of hydrogen-bond acceptors (Lipinski definition) is 6. The van der Waals surface area contributed by atoms with E-state index in [0.29, 0.717) is 0 Å². The van der Waals surface area contributed by atoms with E-state index in [1.54, 1.807) is 6.92 Å². The number of aromatic hydroxyl groups is 1. The van der Waals surface area contributed by atoms with Crippen molar-refractivity contribution in [2.45, 2.75) is 46.1 Å².